The van der Waals surface area contributed by atoms with Crippen LogP contribution in [0.3, 0.4) is 0 Å². The molecule has 0 saturated carbocycles. The number of morpholine rings is 1. The van der Waals surface area contributed by atoms with Gasteiger partial charge in [-0.05, 0) is 130 Å². The van der Waals surface area contributed by atoms with E-state index in [1.54, 1.807) is 56.1 Å². The molecule has 5 heterocycles. The van der Waals surface area contributed by atoms with E-state index in [-0.39, 0.29) is 61.8 Å². The van der Waals surface area contributed by atoms with Crippen molar-refractivity contribution in [1.82, 2.24) is 36.0 Å². The SMILES string of the molecule is CNC(C)C(=O)NC(C(=O)N1Cc2cc(NC(=O)CNC(=O)C3(C)CN(C(=O)CN4C[C@@H](C)NC[C@@H]4CN4CCOCC4C)c4cc(Cc5ccc(F)cc5)ccc43)ccc2C[C@H]1C(=O)Nc1c(F)cccc1F)C1CCOCC1. The summed E-state index contributed by atoms with van der Waals surface area (Å²) in [6.45, 7) is 12.1. The van der Waals surface area contributed by atoms with Crippen molar-refractivity contribution in [2.24, 2.45) is 5.92 Å². The minimum Gasteiger partial charge on any atom is -0.381 e. The van der Waals surface area contributed by atoms with Crippen LogP contribution in [0, 0.1) is 23.4 Å². The first-order chi connectivity index (χ1) is 38.4. The van der Waals surface area contributed by atoms with E-state index in [4.69, 9.17) is 9.47 Å². The topological polar surface area (TPSA) is 206 Å². The van der Waals surface area contributed by atoms with Crippen molar-refractivity contribution in [3.05, 3.63) is 124 Å². The van der Waals surface area contributed by atoms with Crippen LogP contribution in [0.1, 0.15) is 68.4 Å². The van der Waals surface area contributed by atoms with Crippen molar-refractivity contribution in [3.8, 4) is 0 Å². The Morgan fingerprint density at radius 3 is 2.31 bits per heavy atom. The summed E-state index contributed by atoms with van der Waals surface area (Å²) in [6.07, 6.45) is 1.30. The van der Waals surface area contributed by atoms with Gasteiger partial charge in [0.05, 0.1) is 37.8 Å². The monoisotopic (exact) mass is 1110 g/mol. The molecule has 0 bridgehead atoms. The summed E-state index contributed by atoms with van der Waals surface area (Å²) in [7, 11) is 1.61. The van der Waals surface area contributed by atoms with E-state index in [2.05, 4.69) is 55.5 Å². The van der Waals surface area contributed by atoms with Crippen LogP contribution in [0.5, 0.6) is 0 Å². The molecule has 9 rings (SSSR count). The Hall–Kier alpha value is -6.75. The molecule has 0 aromatic heterocycles. The van der Waals surface area contributed by atoms with Crippen LogP contribution in [0.2, 0.25) is 0 Å². The Morgan fingerprint density at radius 2 is 1.59 bits per heavy atom. The highest BCUT2D eigenvalue weighted by molar-refractivity contribution is 6.04. The average molecular weight is 1110 g/mol. The Balaban J connectivity index is 0.920. The number of hydrogen-bond donors (Lipinski definition) is 6. The van der Waals surface area contributed by atoms with E-state index >= 15 is 0 Å². The number of hydrogen-bond acceptors (Lipinski definition) is 12. The summed E-state index contributed by atoms with van der Waals surface area (Å²) < 4.78 is 55.0. The first-order valence-electron chi connectivity index (χ1n) is 27.7. The molecule has 4 aromatic carbocycles. The van der Waals surface area contributed by atoms with E-state index in [1.165, 1.54) is 23.1 Å². The molecule has 6 amide bonds. The highest BCUT2D eigenvalue weighted by Crippen LogP contribution is 2.42. The van der Waals surface area contributed by atoms with Gasteiger partial charge in [-0.2, -0.15) is 0 Å². The van der Waals surface area contributed by atoms with Crippen LogP contribution in [0.4, 0.5) is 30.2 Å². The molecule has 7 atom stereocenters. The molecule has 428 valence electrons. The molecule has 18 nitrogen and oxygen atoms in total. The number of para-hydroxylation sites is 1. The molecule has 4 unspecified atom stereocenters. The lowest BCUT2D eigenvalue weighted by Crippen LogP contribution is -2.62. The third-order valence-electron chi connectivity index (χ3n) is 16.5. The fourth-order valence-corrected chi connectivity index (χ4v) is 11.6. The fraction of sp³-hybridized carbons (Fsp3) is 0.492. The summed E-state index contributed by atoms with van der Waals surface area (Å²) in [4.78, 5) is 93.2. The minimum absolute atomic E-state index is 0.0172. The van der Waals surface area contributed by atoms with Crippen LogP contribution in [-0.2, 0) is 63.0 Å². The number of carbonyl (C=O) groups is 6. The van der Waals surface area contributed by atoms with Crippen LogP contribution >= 0.6 is 0 Å². The fourth-order valence-electron chi connectivity index (χ4n) is 11.6. The number of piperazine rings is 1. The largest absolute Gasteiger partial charge is 0.381 e. The second kappa shape index (κ2) is 25.4. The van der Waals surface area contributed by atoms with E-state index < -0.39 is 76.9 Å². The lowest BCUT2D eigenvalue weighted by molar-refractivity contribution is -0.145. The van der Waals surface area contributed by atoms with Gasteiger partial charge in [0.1, 0.15) is 35.2 Å². The molecule has 21 heteroatoms. The zero-order chi connectivity index (χ0) is 56.8. The Labute approximate surface area is 464 Å². The molecule has 5 aliphatic rings. The van der Waals surface area contributed by atoms with Crippen LogP contribution in [-0.4, -0.2) is 166 Å². The van der Waals surface area contributed by atoms with Crippen LogP contribution < -0.4 is 36.8 Å². The molecule has 0 spiro atoms. The molecule has 3 saturated heterocycles. The molecule has 3 fully saturated rings. The standard InChI is InChI=1S/C59H73F3N10O8/c1-35-29-70(45(27-64-35)31-69-19-22-80-33-36(69)2)32-52(74)72-34-59(4,46-16-11-39(24-49(46)72)23-38-9-13-43(60)14-10-38)58(78)65-28-51(73)66-44-15-12-41-26-50(56(76)68-54-47(61)7-6-8-48(54)62)71(30-42(41)25-44)57(77)53(40-17-20-79-21-18-40)67-55(75)37(3)63-5/h6-16,24-25,35-37,40,45,50,53,63-64H,17-23,26-34H2,1-5H3,(H,65,78)(H,66,73)(H,67,75)(H,68,76)/t35-,36?,37?,45-,50+,53?,59?/m1/s1. The number of ether oxygens (including phenoxy) is 2. The predicted molar refractivity (Wildman–Crippen MR) is 295 cm³/mol. The number of benzene rings is 4. The quantitative estimate of drug-likeness (QED) is 0.0893. The lowest BCUT2D eigenvalue weighted by Gasteiger charge is -2.43. The highest BCUT2D eigenvalue weighted by Gasteiger charge is 2.48. The van der Waals surface area contributed by atoms with Gasteiger partial charge in [-0.3, -0.25) is 38.6 Å². The molecule has 0 radical (unpaired) electrons. The van der Waals surface area contributed by atoms with Gasteiger partial charge in [0.2, 0.25) is 35.4 Å². The maximum atomic E-state index is 14.9. The second-order valence-electron chi connectivity index (χ2n) is 22.2. The number of nitrogens with zero attached hydrogens (tertiary/aromatic N) is 4. The first kappa shape index (κ1) is 57.9. The van der Waals surface area contributed by atoms with Gasteiger partial charge in [0.15, 0.2) is 0 Å². The van der Waals surface area contributed by atoms with Crippen molar-refractivity contribution in [2.75, 3.05) is 94.8 Å². The second-order valence-corrected chi connectivity index (χ2v) is 22.2. The van der Waals surface area contributed by atoms with Crippen LogP contribution in [0.15, 0.2) is 78.9 Å². The number of carbonyl (C=O) groups excluding carboxylic acids is 6. The summed E-state index contributed by atoms with van der Waals surface area (Å²) >= 11 is 0. The molecular weight excluding hydrogens is 1030 g/mol. The van der Waals surface area contributed by atoms with E-state index in [0.717, 1.165) is 36.3 Å². The predicted octanol–water partition coefficient (Wildman–Crippen LogP) is 3.85. The zero-order valence-electron chi connectivity index (χ0n) is 46.0. The summed E-state index contributed by atoms with van der Waals surface area (Å²) in [5, 5.41) is 17.4. The highest BCUT2D eigenvalue weighted by atomic mass is 19.1. The smallest absolute Gasteiger partial charge is 0.247 e. The van der Waals surface area contributed by atoms with E-state index in [9.17, 15) is 41.9 Å². The van der Waals surface area contributed by atoms with Gasteiger partial charge < -0.3 is 51.2 Å². The number of rotatable bonds is 17. The Morgan fingerprint density at radius 1 is 0.850 bits per heavy atom. The zero-order valence-corrected chi connectivity index (χ0v) is 46.0. The molecule has 6 N–H and O–H groups in total. The summed E-state index contributed by atoms with van der Waals surface area (Å²) in [5.74, 6) is -5.74. The van der Waals surface area contributed by atoms with Crippen molar-refractivity contribution in [1.29, 1.82) is 0 Å². The number of nitrogens with one attached hydrogen (secondary N) is 6. The third-order valence-corrected chi connectivity index (χ3v) is 16.5. The number of fused-ring (bicyclic) bond motifs is 2. The van der Waals surface area contributed by atoms with Gasteiger partial charge >= 0.3 is 0 Å². The normalized spacial score (nSPS) is 23.3. The molecule has 5 aliphatic heterocycles. The minimum atomic E-state index is -1.27. The maximum Gasteiger partial charge on any atom is 0.247 e. The van der Waals surface area contributed by atoms with Crippen molar-refractivity contribution in [3.63, 3.8) is 0 Å². The van der Waals surface area contributed by atoms with Gasteiger partial charge in [-0.25, -0.2) is 13.2 Å². The van der Waals surface area contributed by atoms with Crippen LogP contribution in [0.25, 0.3) is 0 Å². The van der Waals surface area contributed by atoms with Crippen molar-refractivity contribution in [2.45, 2.75) is 102 Å². The molecule has 80 heavy (non-hydrogen) atoms. The molecule has 4 aromatic rings. The third kappa shape index (κ3) is 13.2. The Kier molecular flexibility index (Phi) is 18.4. The van der Waals surface area contributed by atoms with E-state index in [0.29, 0.717) is 86.8 Å². The first-order valence-corrected chi connectivity index (χ1v) is 27.7. The van der Waals surface area contributed by atoms with Gasteiger partial charge in [-0.15, -0.1) is 0 Å². The number of amides is 6. The summed E-state index contributed by atoms with van der Waals surface area (Å²) in [6, 6.07) is 17.5. The van der Waals surface area contributed by atoms with Gasteiger partial charge in [0, 0.05) is 88.4 Å². The number of anilines is 3. The lowest BCUT2D eigenvalue weighted by atomic mass is 9.83. The van der Waals surface area contributed by atoms with Gasteiger partial charge in [-0.1, -0.05) is 36.4 Å². The maximum absolute atomic E-state index is 14.9. The average Bonchev–Trinajstić information content (AvgIpc) is 3.76. The summed E-state index contributed by atoms with van der Waals surface area (Å²) in [5.41, 5.74) is 2.55. The number of likely N-dealkylation sites (N-methyl/N-ethyl adjacent to an activating group) is 1. The molecular formula is C59H73F3N10O8. The van der Waals surface area contributed by atoms with Gasteiger partial charge in [0.25, 0.3) is 0 Å². The molecule has 0 aliphatic carbocycles. The van der Waals surface area contributed by atoms with Crippen molar-refractivity contribution >= 4 is 52.5 Å². The van der Waals surface area contributed by atoms with Crippen molar-refractivity contribution < 1.29 is 51.4 Å². The number of halogens is 3. The van der Waals surface area contributed by atoms with E-state index in [1.807, 2.05) is 18.2 Å². The Bertz CT molecular complexity index is 2930.